The number of hydrogen-bond donors (Lipinski definition) is 1. The van der Waals surface area contributed by atoms with Gasteiger partial charge in [-0.1, -0.05) is 94.5 Å². The molecule has 0 aromatic heterocycles. The van der Waals surface area contributed by atoms with Crippen molar-refractivity contribution < 1.29 is 0 Å². The van der Waals surface area contributed by atoms with Crippen molar-refractivity contribution in [3.63, 3.8) is 0 Å². The normalized spacial score (nSPS) is 17.4. The standard InChI is InChI=1S/C33H43N3.C2H6/c1-5-7-27-9-11-28(12-10-27)23-35-20-17-31(18-21-35)33(8-6-2)32-19-22-36(25-32)24-29-13-15-30(16-14-29)26(3)34-4;1-2/h6,8-16,19,22,31,34H,3,5,7,17-18,20-21,23-25H2,1-2,4H3;1-2H3/b8-6-,33-32+;. The van der Waals surface area contributed by atoms with Crippen molar-refractivity contribution in [1.82, 2.24) is 15.1 Å². The SMILES string of the molecule is C=C(NC)c1ccc(CN2C=C/C(=C(/C=C\C)C3CCN(Cc4ccc(CCC)cc4)CC3)C2)cc1.CC. The average Bonchev–Trinajstić information content (AvgIpc) is 3.42. The summed E-state index contributed by atoms with van der Waals surface area (Å²) in [4.78, 5) is 5.06. The highest BCUT2D eigenvalue weighted by Gasteiger charge is 2.24. The molecule has 0 saturated carbocycles. The van der Waals surface area contributed by atoms with Crippen molar-refractivity contribution >= 4 is 5.70 Å². The molecule has 1 fully saturated rings. The molecule has 3 nitrogen and oxygen atoms in total. The van der Waals surface area contributed by atoms with Crippen LogP contribution < -0.4 is 5.32 Å². The lowest BCUT2D eigenvalue weighted by atomic mass is 9.85. The lowest BCUT2D eigenvalue weighted by Gasteiger charge is -2.33. The van der Waals surface area contributed by atoms with Gasteiger partial charge < -0.3 is 10.2 Å². The first-order valence-corrected chi connectivity index (χ1v) is 14.6. The van der Waals surface area contributed by atoms with Crippen LogP contribution in [0.2, 0.25) is 0 Å². The quantitative estimate of drug-likeness (QED) is 0.349. The second-order valence-corrected chi connectivity index (χ2v) is 10.2. The fourth-order valence-electron chi connectivity index (χ4n) is 5.45. The molecule has 2 aromatic rings. The highest BCUT2D eigenvalue weighted by atomic mass is 15.1. The van der Waals surface area contributed by atoms with E-state index in [4.69, 9.17) is 0 Å². The molecule has 0 spiro atoms. The molecule has 0 unspecified atom stereocenters. The van der Waals surface area contributed by atoms with E-state index in [1.807, 2.05) is 20.9 Å². The Balaban J connectivity index is 0.00000195. The van der Waals surface area contributed by atoms with Gasteiger partial charge in [-0.05, 0) is 84.7 Å². The molecule has 0 amide bonds. The summed E-state index contributed by atoms with van der Waals surface area (Å²) in [6, 6.07) is 18.0. The molecule has 1 N–H and O–H groups in total. The van der Waals surface area contributed by atoms with E-state index >= 15 is 0 Å². The van der Waals surface area contributed by atoms with E-state index in [2.05, 4.69) is 109 Å². The number of aryl methyl sites for hydroxylation is 1. The molecule has 0 aliphatic carbocycles. The highest BCUT2D eigenvalue weighted by molar-refractivity contribution is 5.61. The maximum absolute atomic E-state index is 4.05. The summed E-state index contributed by atoms with van der Waals surface area (Å²) in [5.41, 5.74) is 9.36. The van der Waals surface area contributed by atoms with Crippen LogP contribution in [-0.4, -0.2) is 36.5 Å². The zero-order chi connectivity index (χ0) is 27.3. The van der Waals surface area contributed by atoms with E-state index in [-0.39, 0.29) is 0 Å². The van der Waals surface area contributed by atoms with Crippen LogP contribution in [0.3, 0.4) is 0 Å². The van der Waals surface area contributed by atoms with Gasteiger partial charge in [0.25, 0.3) is 0 Å². The maximum Gasteiger partial charge on any atom is 0.0431 e. The number of nitrogens with one attached hydrogen (secondary N) is 1. The zero-order valence-corrected chi connectivity index (χ0v) is 24.5. The number of benzene rings is 2. The van der Waals surface area contributed by atoms with Gasteiger partial charge in [-0.3, -0.25) is 4.90 Å². The Morgan fingerprint density at radius 2 is 1.55 bits per heavy atom. The average molecular weight is 512 g/mol. The molecule has 1 saturated heterocycles. The second kappa shape index (κ2) is 15.4. The number of nitrogens with zero attached hydrogens (tertiary/aromatic N) is 2. The van der Waals surface area contributed by atoms with E-state index in [9.17, 15) is 0 Å². The van der Waals surface area contributed by atoms with Gasteiger partial charge in [0.15, 0.2) is 0 Å². The molecular weight excluding hydrogens is 462 g/mol. The molecule has 2 aromatic carbocycles. The second-order valence-electron chi connectivity index (χ2n) is 10.2. The molecule has 3 heteroatoms. The number of piperidine rings is 1. The summed E-state index contributed by atoms with van der Waals surface area (Å²) < 4.78 is 0. The van der Waals surface area contributed by atoms with Gasteiger partial charge in [0, 0.05) is 38.6 Å². The summed E-state index contributed by atoms with van der Waals surface area (Å²) in [5, 5.41) is 3.12. The zero-order valence-electron chi connectivity index (χ0n) is 24.5. The molecule has 2 aliphatic rings. The van der Waals surface area contributed by atoms with E-state index in [1.54, 1.807) is 5.57 Å². The number of hydrogen-bond acceptors (Lipinski definition) is 3. The largest absolute Gasteiger partial charge is 0.388 e. The smallest absolute Gasteiger partial charge is 0.0431 e. The topological polar surface area (TPSA) is 18.5 Å². The Labute approximate surface area is 232 Å². The predicted octanol–water partition coefficient (Wildman–Crippen LogP) is 7.97. The van der Waals surface area contributed by atoms with Crippen LogP contribution in [0.5, 0.6) is 0 Å². The van der Waals surface area contributed by atoms with Crippen molar-refractivity contribution in [2.75, 3.05) is 26.7 Å². The van der Waals surface area contributed by atoms with Gasteiger partial charge in [-0.25, -0.2) is 0 Å². The molecule has 2 heterocycles. The minimum absolute atomic E-state index is 0.649. The van der Waals surface area contributed by atoms with Crippen LogP contribution in [0, 0.1) is 5.92 Å². The monoisotopic (exact) mass is 511 g/mol. The predicted molar refractivity (Wildman–Crippen MR) is 166 cm³/mol. The van der Waals surface area contributed by atoms with Gasteiger partial charge in [0.05, 0.1) is 0 Å². The van der Waals surface area contributed by atoms with Crippen LogP contribution in [0.15, 0.2) is 90.7 Å². The first kappa shape index (κ1) is 29.5. The van der Waals surface area contributed by atoms with Crippen molar-refractivity contribution in [2.24, 2.45) is 5.92 Å². The summed E-state index contributed by atoms with van der Waals surface area (Å²) >= 11 is 0. The van der Waals surface area contributed by atoms with Crippen LogP contribution in [-0.2, 0) is 19.5 Å². The van der Waals surface area contributed by atoms with Gasteiger partial charge >= 0.3 is 0 Å². The van der Waals surface area contributed by atoms with E-state index in [0.29, 0.717) is 5.92 Å². The number of rotatable bonds is 10. The maximum atomic E-state index is 4.05. The molecular formula is C35H49N3. The Kier molecular flexibility index (Phi) is 12.0. The van der Waals surface area contributed by atoms with E-state index < -0.39 is 0 Å². The van der Waals surface area contributed by atoms with Gasteiger partial charge in [0.2, 0.25) is 0 Å². The van der Waals surface area contributed by atoms with E-state index in [0.717, 1.165) is 30.9 Å². The molecule has 0 bridgehead atoms. The van der Waals surface area contributed by atoms with Crippen LogP contribution in [0.1, 0.15) is 69.2 Å². The van der Waals surface area contributed by atoms with Gasteiger partial charge in [0.1, 0.15) is 0 Å². The number of likely N-dealkylation sites (tertiary alicyclic amines) is 1. The third kappa shape index (κ3) is 8.23. The first-order chi connectivity index (χ1) is 18.6. The lowest BCUT2D eigenvalue weighted by Crippen LogP contribution is -2.34. The fraction of sp³-hybridized carbons (Fsp3) is 0.429. The minimum atomic E-state index is 0.649. The van der Waals surface area contributed by atoms with Crippen molar-refractivity contribution in [2.45, 2.75) is 66.5 Å². The Bertz CT molecular complexity index is 1080. The molecule has 38 heavy (non-hydrogen) atoms. The minimum Gasteiger partial charge on any atom is -0.388 e. The Hall–Kier alpha value is -3.04. The molecule has 2 aliphatic heterocycles. The van der Waals surface area contributed by atoms with Crippen molar-refractivity contribution in [3.8, 4) is 0 Å². The highest BCUT2D eigenvalue weighted by Crippen LogP contribution is 2.31. The first-order valence-electron chi connectivity index (χ1n) is 14.6. The summed E-state index contributed by atoms with van der Waals surface area (Å²) in [5.74, 6) is 0.649. The van der Waals surface area contributed by atoms with Crippen molar-refractivity contribution in [3.05, 3.63) is 113 Å². The van der Waals surface area contributed by atoms with Gasteiger partial charge in [-0.15, -0.1) is 0 Å². The Morgan fingerprint density at radius 1 is 0.947 bits per heavy atom. The van der Waals surface area contributed by atoms with Crippen LogP contribution in [0.25, 0.3) is 5.70 Å². The van der Waals surface area contributed by atoms with Crippen LogP contribution in [0.4, 0.5) is 0 Å². The van der Waals surface area contributed by atoms with E-state index in [1.165, 1.54) is 61.0 Å². The van der Waals surface area contributed by atoms with Gasteiger partial charge in [-0.2, -0.15) is 0 Å². The summed E-state index contributed by atoms with van der Waals surface area (Å²) in [6.45, 7) is 17.8. The van der Waals surface area contributed by atoms with Crippen molar-refractivity contribution in [1.29, 1.82) is 0 Å². The molecule has 0 radical (unpaired) electrons. The summed E-state index contributed by atoms with van der Waals surface area (Å²) in [6.07, 6.45) is 14.1. The molecule has 0 atom stereocenters. The third-order valence-corrected chi connectivity index (χ3v) is 7.56. The summed E-state index contributed by atoms with van der Waals surface area (Å²) in [7, 11) is 1.91. The fourth-order valence-corrected chi connectivity index (χ4v) is 5.45. The third-order valence-electron chi connectivity index (χ3n) is 7.56. The van der Waals surface area contributed by atoms with Crippen LogP contribution >= 0.6 is 0 Å². The Morgan fingerprint density at radius 3 is 2.16 bits per heavy atom. The molecule has 204 valence electrons. The number of allylic oxidation sites excluding steroid dienone is 3. The molecule has 4 rings (SSSR count). The lowest BCUT2D eigenvalue weighted by molar-refractivity contribution is 0.192.